The van der Waals surface area contributed by atoms with Crippen LogP contribution < -0.4 is 5.32 Å². The number of imidazole rings is 1. The molecule has 3 aromatic heterocycles. The van der Waals surface area contributed by atoms with Crippen LogP contribution in [0.2, 0.25) is 0 Å². The van der Waals surface area contributed by atoms with Gasteiger partial charge in [-0.15, -0.1) is 12.4 Å². The highest BCUT2D eigenvalue weighted by molar-refractivity contribution is 5.85. The smallest absolute Gasteiger partial charge is 0.140 e. The zero-order valence-corrected chi connectivity index (χ0v) is 22.2. The summed E-state index contributed by atoms with van der Waals surface area (Å²) in [4.78, 5) is 9.38. The fraction of sp³-hybridized carbons (Fsp3) is 0.586. The van der Waals surface area contributed by atoms with Crippen LogP contribution in [0.3, 0.4) is 0 Å². The first-order valence-electron chi connectivity index (χ1n) is 13.4. The van der Waals surface area contributed by atoms with Gasteiger partial charge in [0.1, 0.15) is 17.2 Å². The number of halogens is 1. The Kier molecular flexibility index (Phi) is 13.7. The molecule has 0 atom stereocenters. The first-order chi connectivity index (χ1) is 16.3. The second kappa shape index (κ2) is 16.5. The molecule has 0 aliphatic rings. The molecule has 0 fully saturated rings. The van der Waals surface area contributed by atoms with Crippen molar-refractivity contribution in [3.05, 3.63) is 48.3 Å². The van der Waals surface area contributed by atoms with E-state index in [2.05, 4.69) is 46.9 Å². The summed E-state index contributed by atoms with van der Waals surface area (Å²) in [6.07, 6.45) is 23.4. The third-order valence-electron chi connectivity index (χ3n) is 6.50. The van der Waals surface area contributed by atoms with Gasteiger partial charge in [-0.25, -0.2) is 4.98 Å². The lowest BCUT2D eigenvalue weighted by atomic mass is 10.0. The summed E-state index contributed by atoms with van der Waals surface area (Å²) >= 11 is 0. The normalized spacial score (nSPS) is 11.0. The molecule has 0 aliphatic heterocycles. The van der Waals surface area contributed by atoms with Gasteiger partial charge in [0.05, 0.1) is 5.69 Å². The largest absolute Gasteiger partial charge is 0.369 e. The summed E-state index contributed by atoms with van der Waals surface area (Å²) in [5.74, 6) is 1.06. The van der Waals surface area contributed by atoms with E-state index in [9.17, 15) is 0 Å². The van der Waals surface area contributed by atoms with Gasteiger partial charge in [0, 0.05) is 18.9 Å². The predicted octanol–water partition coefficient (Wildman–Crippen LogP) is 9.02. The SMILES string of the molecule is CCCCCCCCCCCCCCCCNc1c(-c2ccccn2)nc2ccc(C)cn12.Cl. The number of hydrogen-bond donors (Lipinski definition) is 1. The van der Waals surface area contributed by atoms with Gasteiger partial charge in [-0.3, -0.25) is 9.38 Å². The summed E-state index contributed by atoms with van der Waals surface area (Å²) < 4.78 is 2.17. The molecule has 0 spiro atoms. The van der Waals surface area contributed by atoms with Crippen LogP contribution in [0, 0.1) is 6.92 Å². The molecule has 0 saturated heterocycles. The first kappa shape index (κ1) is 28.2. The maximum atomic E-state index is 4.85. The van der Waals surface area contributed by atoms with E-state index in [1.807, 2.05) is 24.4 Å². The van der Waals surface area contributed by atoms with Gasteiger partial charge in [0.25, 0.3) is 0 Å². The number of nitrogens with one attached hydrogen (secondary N) is 1. The van der Waals surface area contributed by atoms with Crippen LogP contribution in [0.5, 0.6) is 0 Å². The fourth-order valence-corrected chi connectivity index (χ4v) is 4.53. The summed E-state index contributed by atoms with van der Waals surface area (Å²) in [5, 5.41) is 3.67. The van der Waals surface area contributed by atoms with Crippen molar-refractivity contribution in [3.8, 4) is 11.4 Å². The lowest BCUT2D eigenvalue weighted by Crippen LogP contribution is -2.05. The predicted molar refractivity (Wildman–Crippen MR) is 149 cm³/mol. The minimum absolute atomic E-state index is 0. The number of nitrogens with zero attached hydrogens (tertiary/aromatic N) is 3. The summed E-state index contributed by atoms with van der Waals surface area (Å²) in [5.41, 5.74) is 4.05. The highest BCUT2D eigenvalue weighted by Gasteiger charge is 2.14. The maximum absolute atomic E-state index is 4.85. The molecule has 0 bridgehead atoms. The standard InChI is InChI=1S/C29H44N4.ClH/c1-3-4-5-6-7-8-9-10-11-12-13-14-15-17-23-31-29-28(26-19-16-18-22-30-26)32-27-21-20-25(2)24-33(27)29;/h16,18-22,24,31H,3-15,17,23H2,1-2H3;1H. The van der Waals surface area contributed by atoms with Crippen LogP contribution in [0.1, 0.15) is 102 Å². The van der Waals surface area contributed by atoms with Crippen LogP contribution in [-0.4, -0.2) is 20.9 Å². The topological polar surface area (TPSA) is 42.2 Å². The molecule has 0 unspecified atom stereocenters. The van der Waals surface area contributed by atoms with E-state index in [0.29, 0.717) is 0 Å². The Morgan fingerprint density at radius 2 is 1.38 bits per heavy atom. The lowest BCUT2D eigenvalue weighted by molar-refractivity contribution is 0.537. The number of anilines is 1. The maximum Gasteiger partial charge on any atom is 0.140 e. The van der Waals surface area contributed by atoms with Crippen molar-refractivity contribution in [2.45, 2.75) is 104 Å². The number of fused-ring (bicyclic) bond motifs is 1. The van der Waals surface area contributed by atoms with Crippen LogP contribution in [0.15, 0.2) is 42.7 Å². The number of unbranched alkanes of at least 4 members (excludes halogenated alkanes) is 13. The molecule has 5 heteroatoms. The van der Waals surface area contributed by atoms with Crippen molar-refractivity contribution in [1.29, 1.82) is 0 Å². The molecular weight excluding hydrogens is 440 g/mol. The van der Waals surface area contributed by atoms with E-state index in [4.69, 9.17) is 4.98 Å². The van der Waals surface area contributed by atoms with Crippen molar-refractivity contribution in [2.75, 3.05) is 11.9 Å². The van der Waals surface area contributed by atoms with Crippen LogP contribution >= 0.6 is 12.4 Å². The average Bonchev–Trinajstić information content (AvgIpc) is 3.19. The van der Waals surface area contributed by atoms with E-state index in [1.165, 1.54) is 95.5 Å². The van der Waals surface area contributed by atoms with Crippen molar-refractivity contribution >= 4 is 23.9 Å². The Hall–Kier alpha value is -2.07. The number of pyridine rings is 2. The van der Waals surface area contributed by atoms with Gasteiger partial charge in [-0.05, 0) is 37.1 Å². The summed E-state index contributed by atoms with van der Waals surface area (Å²) in [6.45, 7) is 5.38. The molecular formula is C29H45ClN4. The Morgan fingerprint density at radius 1 is 0.765 bits per heavy atom. The lowest BCUT2D eigenvalue weighted by Gasteiger charge is -2.09. The average molecular weight is 485 g/mol. The van der Waals surface area contributed by atoms with Gasteiger partial charge in [-0.1, -0.05) is 103 Å². The summed E-state index contributed by atoms with van der Waals surface area (Å²) in [6, 6.07) is 10.2. The minimum atomic E-state index is 0. The quantitative estimate of drug-likeness (QED) is 0.194. The van der Waals surface area contributed by atoms with Crippen molar-refractivity contribution in [2.24, 2.45) is 0 Å². The van der Waals surface area contributed by atoms with Crippen molar-refractivity contribution in [1.82, 2.24) is 14.4 Å². The highest BCUT2D eigenvalue weighted by atomic mass is 35.5. The third kappa shape index (κ3) is 9.29. The van der Waals surface area contributed by atoms with E-state index in [0.717, 1.165) is 29.4 Å². The van der Waals surface area contributed by atoms with E-state index in [1.54, 1.807) is 0 Å². The van der Waals surface area contributed by atoms with E-state index in [-0.39, 0.29) is 12.4 Å². The first-order valence-corrected chi connectivity index (χ1v) is 13.4. The number of rotatable bonds is 17. The molecule has 0 radical (unpaired) electrons. The molecule has 188 valence electrons. The molecule has 0 amide bonds. The number of aryl methyl sites for hydroxylation is 1. The van der Waals surface area contributed by atoms with E-state index >= 15 is 0 Å². The van der Waals surface area contributed by atoms with Crippen LogP contribution in [0.4, 0.5) is 5.82 Å². The van der Waals surface area contributed by atoms with Crippen LogP contribution in [-0.2, 0) is 0 Å². The Morgan fingerprint density at radius 3 is 1.97 bits per heavy atom. The van der Waals surface area contributed by atoms with Crippen LogP contribution in [0.25, 0.3) is 17.0 Å². The molecule has 34 heavy (non-hydrogen) atoms. The Balaban J connectivity index is 0.00000408. The Bertz CT molecular complexity index is 923. The van der Waals surface area contributed by atoms with Gasteiger partial charge in [0.2, 0.25) is 0 Å². The summed E-state index contributed by atoms with van der Waals surface area (Å²) in [7, 11) is 0. The van der Waals surface area contributed by atoms with E-state index < -0.39 is 0 Å². The monoisotopic (exact) mass is 484 g/mol. The highest BCUT2D eigenvalue weighted by Crippen LogP contribution is 2.27. The molecule has 4 nitrogen and oxygen atoms in total. The molecule has 3 aromatic rings. The van der Waals surface area contributed by atoms with Crippen molar-refractivity contribution < 1.29 is 0 Å². The third-order valence-corrected chi connectivity index (χ3v) is 6.50. The molecule has 0 aliphatic carbocycles. The number of hydrogen-bond acceptors (Lipinski definition) is 3. The fourth-order valence-electron chi connectivity index (χ4n) is 4.53. The molecule has 0 saturated carbocycles. The number of aromatic nitrogens is 3. The van der Waals surface area contributed by atoms with Gasteiger partial charge in [-0.2, -0.15) is 0 Å². The Labute approximate surface area is 213 Å². The second-order valence-electron chi connectivity index (χ2n) is 9.48. The van der Waals surface area contributed by atoms with Gasteiger partial charge >= 0.3 is 0 Å². The molecule has 0 aromatic carbocycles. The second-order valence-corrected chi connectivity index (χ2v) is 9.48. The molecule has 3 rings (SSSR count). The zero-order chi connectivity index (χ0) is 23.1. The van der Waals surface area contributed by atoms with Gasteiger partial charge < -0.3 is 5.32 Å². The van der Waals surface area contributed by atoms with Crippen molar-refractivity contribution in [3.63, 3.8) is 0 Å². The minimum Gasteiger partial charge on any atom is -0.369 e. The molecule has 1 N–H and O–H groups in total. The van der Waals surface area contributed by atoms with Gasteiger partial charge in [0.15, 0.2) is 0 Å². The molecule has 3 heterocycles. The zero-order valence-electron chi connectivity index (χ0n) is 21.4.